The third-order valence-corrected chi connectivity index (χ3v) is 4.93. The van der Waals surface area contributed by atoms with Gasteiger partial charge in [-0.3, -0.25) is 10.1 Å². The normalized spacial score (nSPS) is 24.7. The van der Waals surface area contributed by atoms with Crippen LogP contribution < -0.4 is 20.1 Å². The number of nitrogens with one attached hydrogen (secondary N) is 2. The molecule has 160 valence electrons. The fourth-order valence-corrected chi connectivity index (χ4v) is 3.50. The number of ether oxygens (including phenoxy) is 5. The molecule has 2 fully saturated rings. The maximum absolute atomic E-state index is 12.4. The van der Waals surface area contributed by atoms with E-state index in [9.17, 15) is 9.59 Å². The number of benzene rings is 1. The Morgan fingerprint density at radius 3 is 2.43 bits per heavy atom. The number of carbonyl (C=O) groups is 2. The van der Waals surface area contributed by atoms with Crippen LogP contribution in [0, 0.1) is 0 Å². The Bertz CT molecular complexity index is 878. The molecule has 4 unspecified atom stereocenters. The minimum Gasteiger partial charge on any atom is -0.497 e. The molecule has 10 nitrogen and oxygen atoms in total. The van der Waals surface area contributed by atoms with Crippen LogP contribution in [0.1, 0.15) is 10.6 Å². The van der Waals surface area contributed by atoms with Gasteiger partial charge in [-0.2, -0.15) is 0 Å². The standard InChI is InChI=1S/C20H22N2O8/c1-25-12-6-11(7-13(8-12)26-2)21-20(24)30-16-10-29-17-14(9-28-18(16)17)22-19(23)15-4-3-5-27-15/h3-8,14,16-18H,9-10H2,1-2H3,(H,21,24)(H,22,23). The van der Waals surface area contributed by atoms with Crippen molar-refractivity contribution in [3.8, 4) is 11.5 Å². The summed E-state index contributed by atoms with van der Waals surface area (Å²) in [4.78, 5) is 24.5. The SMILES string of the molecule is COc1cc(NC(=O)OC2COC3C(NC(=O)c4ccco4)COC23)cc(OC)c1. The van der Waals surface area contributed by atoms with Gasteiger partial charge in [-0.25, -0.2) is 4.79 Å². The highest BCUT2D eigenvalue weighted by Gasteiger charge is 2.50. The highest BCUT2D eigenvalue weighted by atomic mass is 16.6. The molecule has 0 aliphatic carbocycles. The Morgan fingerprint density at radius 1 is 1.03 bits per heavy atom. The second kappa shape index (κ2) is 8.64. The van der Waals surface area contributed by atoms with Crippen molar-refractivity contribution in [2.45, 2.75) is 24.4 Å². The van der Waals surface area contributed by atoms with E-state index in [1.54, 1.807) is 30.3 Å². The molecule has 30 heavy (non-hydrogen) atoms. The van der Waals surface area contributed by atoms with Crippen molar-refractivity contribution in [1.82, 2.24) is 5.32 Å². The number of carbonyl (C=O) groups excluding carboxylic acids is 2. The van der Waals surface area contributed by atoms with Crippen LogP contribution in [0.5, 0.6) is 11.5 Å². The molecule has 0 bridgehead atoms. The van der Waals surface area contributed by atoms with Crippen molar-refractivity contribution < 1.29 is 37.7 Å². The largest absolute Gasteiger partial charge is 0.497 e. The van der Waals surface area contributed by atoms with E-state index in [1.165, 1.54) is 20.5 Å². The van der Waals surface area contributed by atoms with Gasteiger partial charge in [-0.05, 0) is 12.1 Å². The lowest BCUT2D eigenvalue weighted by atomic mass is 10.1. The molecule has 3 heterocycles. The van der Waals surface area contributed by atoms with Crippen molar-refractivity contribution in [1.29, 1.82) is 0 Å². The van der Waals surface area contributed by atoms with E-state index in [2.05, 4.69) is 10.6 Å². The highest BCUT2D eigenvalue weighted by molar-refractivity contribution is 5.91. The first-order valence-electron chi connectivity index (χ1n) is 9.35. The van der Waals surface area contributed by atoms with E-state index in [0.717, 1.165) is 0 Å². The summed E-state index contributed by atoms with van der Waals surface area (Å²) in [6, 6.07) is 7.81. The van der Waals surface area contributed by atoms with Gasteiger partial charge in [0.25, 0.3) is 5.91 Å². The molecule has 0 radical (unpaired) electrons. The quantitative estimate of drug-likeness (QED) is 0.729. The van der Waals surface area contributed by atoms with Crippen LogP contribution in [0.4, 0.5) is 10.5 Å². The van der Waals surface area contributed by atoms with Crippen LogP contribution in [0.25, 0.3) is 0 Å². The Labute approximate surface area is 172 Å². The van der Waals surface area contributed by atoms with E-state index in [1.807, 2.05) is 0 Å². The molecule has 2 aromatic rings. The second-order valence-corrected chi connectivity index (χ2v) is 6.82. The molecule has 2 aliphatic rings. The van der Waals surface area contributed by atoms with Gasteiger partial charge < -0.3 is 33.4 Å². The molecule has 2 N–H and O–H groups in total. The monoisotopic (exact) mass is 418 g/mol. The molecule has 10 heteroatoms. The summed E-state index contributed by atoms with van der Waals surface area (Å²) in [5.74, 6) is 0.913. The molecule has 0 spiro atoms. The number of hydrogen-bond donors (Lipinski definition) is 2. The fourth-order valence-electron chi connectivity index (χ4n) is 3.50. The lowest BCUT2D eigenvalue weighted by molar-refractivity contribution is 0.00860. The van der Waals surface area contributed by atoms with Gasteiger partial charge in [0, 0.05) is 18.2 Å². The van der Waals surface area contributed by atoms with Crippen molar-refractivity contribution in [2.24, 2.45) is 0 Å². The zero-order chi connectivity index (χ0) is 21.1. The van der Waals surface area contributed by atoms with Gasteiger partial charge in [0.2, 0.25) is 0 Å². The first-order valence-corrected chi connectivity index (χ1v) is 9.35. The van der Waals surface area contributed by atoms with Crippen LogP contribution in [0.15, 0.2) is 41.0 Å². The first-order chi connectivity index (χ1) is 14.6. The van der Waals surface area contributed by atoms with Crippen molar-refractivity contribution in [3.05, 3.63) is 42.4 Å². The second-order valence-electron chi connectivity index (χ2n) is 6.82. The fraction of sp³-hybridized carbons (Fsp3) is 0.400. The van der Waals surface area contributed by atoms with E-state index in [0.29, 0.717) is 17.2 Å². The average Bonchev–Trinajstić information content (AvgIpc) is 3.48. The molecule has 0 saturated carbocycles. The number of amides is 2. The van der Waals surface area contributed by atoms with Gasteiger partial charge in [0.05, 0.1) is 45.4 Å². The van der Waals surface area contributed by atoms with Crippen molar-refractivity contribution in [3.63, 3.8) is 0 Å². The number of furan rings is 1. The molecule has 1 aromatic heterocycles. The van der Waals surface area contributed by atoms with E-state index >= 15 is 0 Å². The summed E-state index contributed by atoms with van der Waals surface area (Å²) in [6.07, 6.45) is -0.731. The van der Waals surface area contributed by atoms with Crippen molar-refractivity contribution in [2.75, 3.05) is 32.8 Å². The number of anilines is 1. The summed E-state index contributed by atoms with van der Waals surface area (Å²) in [5, 5.41) is 5.47. The first kappa shape index (κ1) is 20.0. The van der Waals surface area contributed by atoms with E-state index in [4.69, 9.17) is 28.1 Å². The highest BCUT2D eigenvalue weighted by Crippen LogP contribution is 2.30. The van der Waals surface area contributed by atoms with E-state index in [-0.39, 0.29) is 30.9 Å². The molecular weight excluding hydrogens is 396 g/mol. The zero-order valence-corrected chi connectivity index (χ0v) is 16.5. The zero-order valence-electron chi connectivity index (χ0n) is 16.5. The Balaban J connectivity index is 1.33. The van der Waals surface area contributed by atoms with Crippen LogP contribution >= 0.6 is 0 Å². The van der Waals surface area contributed by atoms with Crippen LogP contribution in [-0.4, -0.2) is 63.8 Å². The number of hydrogen-bond acceptors (Lipinski definition) is 8. The Kier molecular flexibility index (Phi) is 5.77. The van der Waals surface area contributed by atoms with Gasteiger partial charge in [-0.1, -0.05) is 0 Å². The van der Waals surface area contributed by atoms with Crippen molar-refractivity contribution >= 4 is 17.7 Å². The summed E-state index contributed by atoms with van der Waals surface area (Å²) >= 11 is 0. The minimum absolute atomic E-state index is 0.164. The summed E-state index contributed by atoms with van der Waals surface area (Å²) < 4.78 is 32.4. The molecule has 1 aromatic carbocycles. The summed E-state index contributed by atoms with van der Waals surface area (Å²) in [5.41, 5.74) is 0.461. The average molecular weight is 418 g/mol. The lowest BCUT2D eigenvalue weighted by Gasteiger charge is -2.18. The summed E-state index contributed by atoms with van der Waals surface area (Å²) in [6.45, 7) is 0.410. The number of methoxy groups -OCH3 is 2. The maximum Gasteiger partial charge on any atom is 0.412 e. The van der Waals surface area contributed by atoms with E-state index < -0.39 is 24.4 Å². The predicted molar refractivity (Wildman–Crippen MR) is 103 cm³/mol. The minimum atomic E-state index is -0.661. The summed E-state index contributed by atoms with van der Waals surface area (Å²) in [7, 11) is 3.04. The molecule has 4 atom stereocenters. The number of fused-ring (bicyclic) bond motifs is 1. The van der Waals surface area contributed by atoms with Crippen LogP contribution in [0.2, 0.25) is 0 Å². The molecular formula is C20H22N2O8. The Morgan fingerprint density at radius 2 is 1.77 bits per heavy atom. The maximum atomic E-state index is 12.4. The van der Waals surface area contributed by atoms with Gasteiger partial charge >= 0.3 is 6.09 Å². The van der Waals surface area contributed by atoms with Crippen LogP contribution in [0.3, 0.4) is 0 Å². The lowest BCUT2D eigenvalue weighted by Crippen LogP contribution is -2.44. The molecule has 4 rings (SSSR count). The predicted octanol–water partition coefficient (Wildman–Crippen LogP) is 1.81. The molecule has 2 saturated heterocycles. The topological polar surface area (TPSA) is 117 Å². The molecule has 2 aliphatic heterocycles. The third kappa shape index (κ3) is 4.19. The van der Waals surface area contributed by atoms with Gasteiger partial charge in [0.1, 0.15) is 23.7 Å². The van der Waals surface area contributed by atoms with Gasteiger partial charge in [-0.15, -0.1) is 0 Å². The number of rotatable bonds is 6. The molecule has 2 amide bonds. The Hall–Kier alpha value is -3.24. The van der Waals surface area contributed by atoms with Gasteiger partial charge in [0.15, 0.2) is 11.9 Å². The van der Waals surface area contributed by atoms with Crippen LogP contribution in [-0.2, 0) is 14.2 Å². The smallest absolute Gasteiger partial charge is 0.412 e. The third-order valence-electron chi connectivity index (χ3n) is 4.93.